The normalized spacial score (nSPS) is 18.1. The summed E-state index contributed by atoms with van der Waals surface area (Å²) >= 11 is 0. The monoisotopic (exact) mass is 417 g/mol. The maximum Gasteiger partial charge on any atom is 0.325 e. The predicted molar refractivity (Wildman–Crippen MR) is 114 cm³/mol. The molecule has 0 spiro atoms. The lowest BCUT2D eigenvalue weighted by atomic mass is 9.92. The fourth-order valence-corrected chi connectivity index (χ4v) is 3.49. The molecule has 3 aromatic rings. The van der Waals surface area contributed by atoms with Gasteiger partial charge in [0.05, 0.1) is 6.54 Å². The Morgan fingerprint density at radius 1 is 0.968 bits per heavy atom. The summed E-state index contributed by atoms with van der Waals surface area (Å²) in [4.78, 5) is 39.0. The lowest BCUT2D eigenvalue weighted by Crippen LogP contribution is -2.40. The quantitative estimate of drug-likeness (QED) is 0.615. The number of halogens is 1. The van der Waals surface area contributed by atoms with Crippen LogP contribution in [0.3, 0.4) is 0 Å². The number of amides is 4. The molecule has 156 valence electrons. The Balaban J connectivity index is 1.46. The molecule has 7 heteroatoms. The number of anilines is 1. The molecule has 1 fully saturated rings. The van der Waals surface area contributed by atoms with E-state index in [-0.39, 0.29) is 12.5 Å². The van der Waals surface area contributed by atoms with Crippen molar-refractivity contribution < 1.29 is 18.8 Å². The van der Waals surface area contributed by atoms with Crippen molar-refractivity contribution in [3.05, 3.63) is 101 Å². The largest absolute Gasteiger partial charge is 0.325 e. The van der Waals surface area contributed by atoms with E-state index in [0.717, 1.165) is 4.90 Å². The molecule has 1 heterocycles. The molecular weight excluding hydrogens is 397 g/mol. The van der Waals surface area contributed by atoms with Gasteiger partial charge in [0, 0.05) is 11.3 Å². The zero-order valence-corrected chi connectivity index (χ0v) is 16.8. The third-order valence-corrected chi connectivity index (χ3v) is 5.29. The minimum absolute atomic E-state index is 0.0576. The Hall–Kier alpha value is -4.00. The van der Waals surface area contributed by atoms with Crippen molar-refractivity contribution >= 4 is 23.5 Å². The Bertz CT molecular complexity index is 1130. The average Bonchev–Trinajstić information content (AvgIpc) is 2.99. The van der Waals surface area contributed by atoms with Crippen molar-refractivity contribution in [3.8, 4) is 0 Å². The van der Waals surface area contributed by atoms with Crippen molar-refractivity contribution in [1.82, 2.24) is 10.2 Å². The number of nitrogens with zero attached hydrogens (tertiary/aromatic N) is 1. The fourth-order valence-electron chi connectivity index (χ4n) is 3.49. The van der Waals surface area contributed by atoms with Crippen LogP contribution in [-0.2, 0) is 16.9 Å². The van der Waals surface area contributed by atoms with Gasteiger partial charge in [0.1, 0.15) is 11.4 Å². The van der Waals surface area contributed by atoms with Gasteiger partial charge in [-0.25, -0.2) is 9.18 Å². The minimum Gasteiger partial charge on any atom is -0.322 e. The number of rotatable bonds is 5. The lowest BCUT2D eigenvalue weighted by Gasteiger charge is -2.22. The molecule has 1 aliphatic heterocycles. The molecule has 0 bridgehead atoms. The molecule has 1 unspecified atom stereocenters. The van der Waals surface area contributed by atoms with Gasteiger partial charge in [0.15, 0.2) is 0 Å². The predicted octanol–water partition coefficient (Wildman–Crippen LogP) is 4.05. The molecule has 2 N–H and O–H groups in total. The van der Waals surface area contributed by atoms with Crippen molar-refractivity contribution in [2.24, 2.45) is 0 Å². The molecular formula is C24H20FN3O3. The Morgan fingerprint density at radius 2 is 1.61 bits per heavy atom. The van der Waals surface area contributed by atoms with E-state index < -0.39 is 23.3 Å². The van der Waals surface area contributed by atoms with Crippen LogP contribution in [0.15, 0.2) is 78.9 Å². The van der Waals surface area contributed by atoms with Crippen LogP contribution in [0, 0.1) is 5.82 Å². The number of imide groups is 1. The van der Waals surface area contributed by atoms with E-state index >= 15 is 0 Å². The van der Waals surface area contributed by atoms with Gasteiger partial charge in [-0.15, -0.1) is 0 Å². The third-order valence-electron chi connectivity index (χ3n) is 5.29. The summed E-state index contributed by atoms with van der Waals surface area (Å²) in [5, 5.41) is 5.50. The molecule has 4 rings (SSSR count). The first-order valence-corrected chi connectivity index (χ1v) is 9.72. The molecule has 4 amide bonds. The summed E-state index contributed by atoms with van der Waals surface area (Å²) < 4.78 is 13.2. The topological polar surface area (TPSA) is 78.5 Å². The van der Waals surface area contributed by atoms with Gasteiger partial charge in [-0.3, -0.25) is 14.5 Å². The van der Waals surface area contributed by atoms with Crippen molar-refractivity contribution in [1.29, 1.82) is 0 Å². The van der Waals surface area contributed by atoms with E-state index in [2.05, 4.69) is 10.6 Å². The van der Waals surface area contributed by atoms with Crippen molar-refractivity contribution in [2.75, 3.05) is 5.32 Å². The molecule has 31 heavy (non-hydrogen) atoms. The summed E-state index contributed by atoms with van der Waals surface area (Å²) in [6, 6.07) is 20.7. The summed E-state index contributed by atoms with van der Waals surface area (Å²) in [6.07, 6.45) is 0. The highest BCUT2D eigenvalue weighted by Crippen LogP contribution is 2.30. The average molecular weight is 417 g/mol. The summed E-state index contributed by atoms with van der Waals surface area (Å²) in [7, 11) is 0. The first-order valence-electron chi connectivity index (χ1n) is 9.72. The van der Waals surface area contributed by atoms with Crippen LogP contribution in [0.2, 0.25) is 0 Å². The van der Waals surface area contributed by atoms with Gasteiger partial charge in [0.25, 0.3) is 11.8 Å². The summed E-state index contributed by atoms with van der Waals surface area (Å²) in [6.45, 7) is 1.65. The second kappa shape index (κ2) is 8.02. The molecule has 0 radical (unpaired) electrons. The minimum atomic E-state index is -1.26. The van der Waals surface area contributed by atoms with Crippen LogP contribution < -0.4 is 10.6 Å². The third kappa shape index (κ3) is 4.02. The number of hydrogen-bond acceptors (Lipinski definition) is 3. The maximum absolute atomic E-state index is 13.2. The molecule has 1 saturated heterocycles. The number of carbonyl (C=O) groups is 3. The van der Waals surface area contributed by atoms with Crippen molar-refractivity contribution in [2.45, 2.75) is 19.0 Å². The van der Waals surface area contributed by atoms with Gasteiger partial charge in [0.2, 0.25) is 0 Å². The highest BCUT2D eigenvalue weighted by atomic mass is 19.1. The van der Waals surface area contributed by atoms with Crippen LogP contribution in [0.1, 0.15) is 28.4 Å². The van der Waals surface area contributed by atoms with E-state index in [1.807, 2.05) is 18.2 Å². The number of carbonyl (C=O) groups excluding carboxylic acids is 3. The summed E-state index contributed by atoms with van der Waals surface area (Å²) in [5.74, 6) is -1.09. The smallest absolute Gasteiger partial charge is 0.322 e. The standard InChI is InChI=1S/C24H20FN3O3/c1-24(18-11-13-19(25)14-12-18)22(30)28(23(31)27-24)15-16-7-9-17(10-8-16)21(29)26-20-5-3-2-4-6-20/h2-14H,15H2,1H3,(H,26,29)(H,27,31). The Labute approximate surface area is 178 Å². The van der Waals surface area contributed by atoms with Gasteiger partial charge in [-0.05, 0) is 54.4 Å². The van der Waals surface area contributed by atoms with E-state index in [1.54, 1.807) is 43.3 Å². The van der Waals surface area contributed by atoms with Crippen LogP contribution in [-0.4, -0.2) is 22.7 Å². The molecule has 6 nitrogen and oxygen atoms in total. The number of benzene rings is 3. The number of urea groups is 1. The van der Waals surface area contributed by atoms with Crippen LogP contribution in [0.25, 0.3) is 0 Å². The van der Waals surface area contributed by atoms with Gasteiger partial charge < -0.3 is 10.6 Å². The SMILES string of the molecule is CC1(c2ccc(F)cc2)NC(=O)N(Cc2ccc(C(=O)Nc3ccccc3)cc2)C1=O. The second-order valence-corrected chi connectivity index (χ2v) is 7.47. The van der Waals surface area contributed by atoms with Crippen LogP contribution >= 0.6 is 0 Å². The first-order chi connectivity index (χ1) is 14.9. The van der Waals surface area contributed by atoms with Gasteiger partial charge in [-0.2, -0.15) is 0 Å². The van der Waals surface area contributed by atoms with E-state index in [1.165, 1.54) is 24.3 Å². The zero-order valence-electron chi connectivity index (χ0n) is 16.8. The summed E-state index contributed by atoms with van der Waals surface area (Å²) in [5.41, 5.74) is 1.09. The molecule has 0 saturated carbocycles. The molecule has 3 aromatic carbocycles. The molecule has 1 atom stereocenters. The maximum atomic E-state index is 13.2. The van der Waals surface area contributed by atoms with Crippen molar-refractivity contribution in [3.63, 3.8) is 0 Å². The van der Waals surface area contributed by atoms with Gasteiger partial charge in [-0.1, -0.05) is 42.5 Å². The highest BCUT2D eigenvalue weighted by molar-refractivity contribution is 6.07. The second-order valence-electron chi connectivity index (χ2n) is 7.47. The Morgan fingerprint density at radius 3 is 2.26 bits per heavy atom. The highest BCUT2D eigenvalue weighted by Gasteiger charge is 2.48. The zero-order chi connectivity index (χ0) is 22.0. The van der Waals surface area contributed by atoms with Crippen LogP contribution in [0.5, 0.6) is 0 Å². The molecule has 0 aliphatic carbocycles. The van der Waals surface area contributed by atoms with Gasteiger partial charge >= 0.3 is 6.03 Å². The van der Waals surface area contributed by atoms with E-state index in [4.69, 9.17) is 0 Å². The lowest BCUT2D eigenvalue weighted by molar-refractivity contribution is -0.131. The first kappa shape index (κ1) is 20.3. The molecule has 0 aromatic heterocycles. The number of para-hydroxylation sites is 1. The fraction of sp³-hybridized carbons (Fsp3) is 0.125. The van der Waals surface area contributed by atoms with E-state index in [9.17, 15) is 18.8 Å². The molecule has 1 aliphatic rings. The van der Waals surface area contributed by atoms with E-state index in [0.29, 0.717) is 22.4 Å². The number of nitrogens with one attached hydrogen (secondary N) is 2. The number of hydrogen-bond donors (Lipinski definition) is 2. The Kier molecular flexibility index (Phi) is 5.25. The van der Waals surface area contributed by atoms with Crippen LogP contribution in [0.4, 0.5) is 14.9 Å².